The summed E-state index contributed by atoms with van der Waals surface area (Å²) < 4.78 is 33.6. The van der Waals surface area contributed by atoms with Crippen molar-refractivity contribution in [2.75, 3.05) is 13.2 Å². The van der Waals surface area contributed by atoms with Crippen molar-refractivity contribution in [1.82, 2.24) is 0 Å². The first kappa shape index (κ1) is 34.8. The van der Waals surface area contributed by atoms with Gasteiger partial charge < -0.3 is 74.4 Å². The van der Waals surface area contributed by atoms with Crippen molar-refractivity contribution >= 4 is 12.0 Å². The molecule has 1 saturated carbocycles. The first-order valence-electron chi connectivity index (χ1n) is 14.8. The highest BCUT2D eigenvalue weighted by molar-refractivity contribution is 5.87. The number of hydrogen-bond acceptors (Lipinski definition) is 16. The van der Waals surface area contributed by atoms with Gasteiger partial charge in [-0.2, -0.15) is 0 Å². The number of fused-ring (bicyclic) bond motifs is 1. The van der Waals surface area contributed by atoms with E-state index in [9.17, 15) is 50.8 Å². The van der Waals surface area contributed by atoms with Gasteiger partial charge in [0.25, 0.3) is 0 Å². The maximum atomic E-state index is 12.9. The number of aliphatic hydroxyl groups excluding tert-OH is 8. The maximum absolute atomic E-state index is 12.9. The van der Waals surface area contributed by atoms with Gasteiger partial charge in [0.2, 0.25) is 6.29 Å². The van der Waals surface area contributed by atoms with Crippen LogP contribution in [0.25, 0.3) is 6.08 Å². The molecule has 0 radical (unpaired) electrons. The highest BCUT2D eigenvalue weighted by atomic mass is 16.8. The number of esters is 1. The third-order valence-electron chi connectivity index (χ3n) is 8.86. The minimum Gasteiger partial charge on any atom is -0.472 e. The number of rotatable bonds is 9. The van der Waals surface area contributed by atoms with Crippen molar-refractivity contribution in [2.45, 2.75) is 98.4 Å². The smallest absolute Gasteiger partial charge is 0.331 e. The van der Waals surface area contributed by atoms with E-state index in [1.54, 1.807) is 24.3 Å². The zero-order valence-electron chi connectivity index (χ0n) is 24.7. The first-order valence-corrected chi connectivity index (χ1v) is 14.8. The second kappa shape index (κ2) is 13.9. The number of hydrogen-bond donors (Lipinski definition) is 9. The Hall–Kier alpha value is -2.55. The molecule has 3 heterocycles. The Balaban J connectivity index is 1.29. The molecule has 16 heteroatoms. The van der Waals surface area contributed by atoms with E-state index in [0.29, 0.717) is 0 Å². The Morgan fingerprint density at radius 2 is 1.52 bits per heavy atom. The summed E-state index contributed by atoms with van der Waals surface area (Å²) in [6.07, 6.45) is -14.8. The van der Waals surface area contributed by atoms with E-state index in [4.69, 9.17) is 28.4 Å². The first-order chi connectivity index (χ1) is 21.8. The van der Waals surface area contributed by atoms with E-state index in [1.165, 1.54) is 25.2 Å². The average Bonchev–Trinajstić information content (AvgIpc) is 3.24. The normalized spacial score (nSPS) is 45.7. The summed E-state index contributed by atoms with van der Waals surface area (Å²) in [5.74, 6) is -2.06. The molecule has 1 aromatic rings. The van der Waals surface area contributed by atoms with Crippen LogP contribution in [0.5, 0.6) is 0 Å². The van der Waals surface area contributed by atoms with Gasteiger partial charge in [-0.1, -0.05) is 30.3 Å². The van der Waals surface area contributed by atoms with E-state index in [1.807, 2.05) is 6.07 Å². The van der Waals surface area contributed by atoms with Crippen molar-refractivity contribution in [3.05, 3.63) is 54.3 Å². The molecule has 2 saturated heterocycles. The lowest BCUT2D eigenvalue weighted by Gasteiger charge is -2.46. The number of benzene rings is 1. The highest BCUT2D eigenvalue weighted by Crippen LogP contribution is 2.51. The molecule has 3 aliphatic heterocycles. The Morgan fingerprint density at radius 1 is 0.891 bits per heavy atom. The van der Waals surface area contributed by atoms with Crippen molar-refractivity contribution in [2.24, 2.45) is 5.92 Å². The van der Waals surface area contributed by atoms with Crippen LogP contribution >= 0.6 is 0 Å². The van der Waals surface area contributed by atoms with Crippen LogP contribution in [0.15, 0.2) is 48.7 Å². The van der Waals surface area contributed by atoms with Gasteiger partial charge in [0.15, 0.2) is 12.6 Å². The SMILES string of the molecule is CC1(OC(=O)C=Cc2ccccc2)CC(O)C2(O)C=COC(OC3OC(COC4OC(CO)C(O)C(O)C4O)C(O)C(O)C3O)C12. The molecule has 0 amide bonds. The molecule has 5 rings (SSSR count). The third-order valence-corrected chi connectivity index (χ3v) is 8.86. The van der Waals surface area contributed by atoms with Gasteiger partial charge >= 0.3 is 5.97 Å². The molecule has 4 aliphatic rings. The summed E-state index contributed by atoms with van der Waals surface area (Å²) in [6, 6.07) is 8.94. The predicted octanol–water partition coefficient (Wildman–Crippen LogP) is -3.38. The van der Waals surface area contributed by atoms with Crippen molar-refractivity contribution < 1.29 is 79.2 Å². The highest BCUT2D eigenvalue weighted by Gasteiger charge is 2.66. The number of carbonyl (C=O) groups is 1. The van der Waals surface area contributed by atoms with E-state index in [2.05, 4.69) is 0 Å². The monoisotopic (exact) mass is 656 g/mol. The van der Waals surface area contributed by atoms with Crippen LogP contribution in [-0.4, -0.2) is 150 Å². The molecule has 1 aliphatic carbocycles. The average molecular weight is 657 g/mol. The quantitative estimate of drug-likeness (QED) is 0.0928. The molecule has 0 spiro atoms. The van der Waals surface area contributed by atoms with Crippen LogP contribution < -0.4 is 0 Å². The second-order valence-electron chi connectivity index (χ2n) is 12.1. The van der Waals surface area contributed by atoms with Gasteiger partial charge in [0.1, 0.15) is 60.0 Å². The maximum Gasteiger partial charge on any atom is 0.331 e. The summed E-state index contributed by atoms with van der Waals surface area (Å²) in [5.41, 5.74) is -2.86. The molecule has 16 nitrogen and oxygen atoms in total. The fraction of sp³-hybridized carbons (Fsp3) is 0.633. The van der Waals surface area contributed by atoms with Crippen LogP contribution in [0.1, 0.15) is 18.9 Å². The van der Waals surface area contributed by atoms with E-state index >= 15 is 0 Å². The molecule has 9 N–H and O–H groups in total. The topological polar surface area (TPSA) is 255 Å². The van der Waals surface area contributed by atoms with Gasteiger partial charge in [0.05, 0.1) is 31.5 Å². The van der Waals surface area contributed by atoms with Gasteiger partial charge in [-0.3, -0.25) is 0 Å². The number of carbonyl (C=O) groups excluding carboxylic acids is 1. The Bertz CT molecular complexity index is 1240. The van der Waals surface area contributed by atoms with Crippen LogP contribution in [0, 0.1) is 5.92 Å². The number of aliphatic hydroxyl groups is 9. The lowest BCUT2D eigenvalue weighted by molar-refractivity contribution is -0.360. The molecule has 15 atom stereocenters. The van der Waals surface area contributed by atoms with E-state index in [0.717, 1.165) is 11.8 Å². The second-order valence-corrected chi connectivity index (χ2v) is 12.1. The minimum absolute atomic E-state index is 0.225. The fourth-order valence-corrected chi connectivity index (χ4v) is 6.30. The van der Waals surface area contributed by atoms with E-state index in [-0.39, 0.29) is 6.42 Å². The zero-order valence-corrected chi connectivity index (χ0v) is 24.7. The molecule has 15 unspecified atom stereocenters. The van der Waals surface area contributed by atoms with Crippen molar-refractivity contribution in [3.8, 4) is 0 Å². The Kier molecular flexibility index (Phi) is 10.5. The van der Waals surface area contributed by atoms with Crippen LogP contribution in [-0.2, 0) is 33.2 Å². The Labute approximate surface area is 263 Å². The van der Waals surface area contributed by atoms with E-state index < -0.39 is 110 Å². The summed E-state index contributed by atoms with van der Waals surface area (Å²) in [4.78, 5) is 12.9. The minimum atomic E-state index is -2.01. The van der Waals surface area contributed by atoms with Crippen LogP contribution in [0.3, 0.4) is 0 Å². The number of ether oxygens (including phenoxy) is 6. The lowest BCUT2D eigenvalue weighted by Crippen LogP contribution is -2.63. The fourth-order valence-electron chi connectivity index (χ4n) is 6.30. The molecule has 46 heavy (non-hydrogen) atoms. The molecular formula is C30H40O16. The summed E-state index contributed by atoms with van der Waals surface area (Å²) >= 11 is 0. The molecule has 256 valence electrons. The molecule has 1 aromatic carbocycles. The van der Waals surface area contributed by atoms with Gasteiger partial charge in [-0.25, -0.2) is 4.79 Å². The molecule has 0 bridgehead atoms. The third kappa shape index (κ3) is 6.72. The molecular weight excluding hydrogens is 616 g/mol. The summed E-state index contributed by atoms with van der Waals surface area (Å²) in [7, 11) is 0. The molecule has 0 aromatic heterocycles. The molecule has 3 fully saturated rings. The van der Waals surface area contributed by atoms with Gasteiger partial charge in [0, 0.05) is 12.5 Å². The largest absolute Gasteiger partial charge is 0.472 e. The standard InChI is InChI=1S/C30H40O16/c1-29(46-18(33)8-7-14-5-3-2-4-6-14)11-17(32)30(40)9-10-41-28(25(29)30)45-27-24(39)22(37)20(35)16(44-27)13-42-26-23(38)21(36)19(34)15(12-31)43-26/h2-10,15-17,19-28,31-32,34-40H,11-13H2,1H3. The van der Waals surface area contributed by atoms with Crippen LogP contribution in [0.4, 0.5) is 0 Å². The predicted molar refractivity (Wildman–Crippen MR) is 151 cm³/mol. The lowest BCUT2D eigenvalue weighted by atomic mass is 9.81. The zero-order chi connectivity index (χ0) is 33.4. The summed E-state index contributed by atoms with van der Waals surface area (Å²) in [5, 5.41) is 93.8. The van der Waals surface area contributed by atoms with Crippen LogP contribution in [0.2, 0.25) is 0 Å². The Morgan fingerprint density at radius 3 is 2.20 bits per heavy atom. The van der Waals surface area contributed by atoms with Gasteiger partial charge in [-0.05, 0) is 24.6 Å². The van der Waals surface area contributed by atoms with Gasteiger partial charge in [-0.15, -0.1) is 0 Å². The summed E-state index contributed by atoms with van der Waals surface area (Å²) in [6.45, 7) is 0.164. The van der Waals surface area contributed by atoms with Crippen molar-refractivity contribution in [1.29, 1.82) is 0 Å². The van der Waals surface area contributed by atoms with Crippen molar-refractivity contribution in [3.63, 3.8) is 0 Å².